The molecule has 0 spiro atoms. The second-order valence-electron chi connectivity index (χ2n) is 8.57. The van der Waals surface area contributed by atoms with Gasteiger partial charge in [-0.2, -0.15) is 0 Å². The first kappa shape index (κ1) is 29.7. The summed E-state index contributed by atoms with van der Waals surface area (Å²) in [6, 6.07) is 27.8. The Labute approximate surface area is 251 Å². The quantitative estimate of drug-likeness (QED) is 0.132. The SMILES string of the molecule is COc1cccc(/C=C(\NC(=O)c2ccccc2)C(=O)Nc2cccc(SCC(=O)Nc3cccc(Cl)c3Cl)c2)c1. The molecule has 4 rings (SSSR count). The highest BCUT2D eigenvalue weighted by molar-refractivity contribution is 8.00. The fraction of sp³-hybridized carbons (Fsp3) is 0.0645. The first-order chi connectivity index (χ1) is 19.8. The fourth-order valence-corrected chi connectivity index (χ4v) is 4.74. The largest absolute Gasteiger partial charge is 0.497 e. The van der Waals surface area contributed by atoms with Gasteiger partial charge in [-0.25, -0.2) is 0 Å². The Balaban J connectivity index is 1.47. The molecule has 0 aliphatic carbocycles. The van der Waals surface area contributed by atoms with E-state index in [1.165, 1.54) is 11.8 Å². The highest BCUT2D eigenvalue weighted by Gasteiger charge is 2.16. The molecule has 3 N–H and O–H groups in total. The maximum Gasteiger partial charge on any atom is 0.272 e. The maximum atomic E-state index is 13.4. The van der Waals surface area contributed by atoms with E-state index < -0.39 is 11.8 Å². The van der Waals surface area contributed by atoms with Gasteiger partial charge in [0.15, 0.2) is 0 Å². The van der Waals surface area contributed by atoms with E-state index in [4.69, 9.17) is 27.9 Å². The molecule has 208 valence electrons. The van der Waals surface area contributed by atoms with Gasteiger partial charge in [0.1, 0.15) is 11.4 Å². The Bertz CT molecular complexity index is 1600. The number of carbonyl (C=O) groups is 3. The molecule has 41 heavy (non-hydrogen) atoms. The summed E-state index contributed by atoms with van der Waals surface area (Å²) in [5.74, 6) is -0.494. The van der Waals surface area contributed by atoms with E-state index in [2.05, 4.69) is 16.0 Å². The van der Waals surface area contributed by atoms with Crippen LogP contribution in [0.15, 0.2) is 108 Å². The van der Waals surface area contributed by atoms with Crippen LogP contribution in [0.5, 0.6) is 5.75 Å². The zero-order valence-electron chi connectivity index (χ0n) is 21.8. The van der Waals surface area contributed by atoms with E-state index in [-0.39, 0.29) is 22.4 Å². The van der Waals surface area contributed by atoms with Crippen molar-refractivity contribution in [2.24, 2.45) is 0 Å². The van der Waals surface area contributed by atoms with Crippen LogP contribution in [0.25, 0.3) is 6.08 Å². The third-order valence-corrected chi connectivity index (χ3v) is 7.43. The molecule has 0 radical (unpaired) electrons. The van der Waals surface area contributed by atoms with E-state index in [9.17, 15) is 14.4 Å². The molecule has 0 aliphatic heterocycles. The van der Waals surface area contributed by atoms with Crippen LogP contribution in [0.1, 0.15) is 15.9 Å². The Morgan fingerprint density at radius 1 is 0.854 bits per heavy atom. The highest BCUT2D eigenvalue weighted by Crippen LogP contribution is 2.30. The van der Waals surface area contributed by atoms with Crippen molar-refractivity contribution in [1.29, 1.82) is 0 Å². The van der Waals surface area contributed by atoms with Crippen LogP contribution in [-0.2, 0) is 9.59 Å². The Morgan fingerprint density at radius 3 is 2.39 bits per heavy atom. The monoisotopic (exact) mass is 605 g/mol. The number of ether oxygens (including phenoxy) is 1. The molecule has 3 amide bonds. The number of anilines is 2. The van der Waals surface area contributed by atoms with Crippen molar-refractivity contribution >= 4 is 70.1 Å². The molecule has 7 nitrogen and oxygen atoms in total. The normalized spacial score (nSPS) is 11.0. The molecule has 0 atom stereocenters. The van der Waals surface area contributed by atoms with E-state index in [1.54, 1.807) is 104 Å². The molecule has 4 aromatic carbocycles. The van der Waals surface area contributed by atoms with Gasteiger partial charge >= 0.3 is 0 Å². The Morgan fingerprint density at radius 2 is 1.61 bits per heavy atom. The van der Waals surface area contributed by atoms with Crippen LogP contribution >= 0.6 is 35.0 Å². The molecule has 0 aliphatic rings. The van der Waals surface area contributed by atoms with Gasteiger partial charge in [0, 0.05) is 16.1 Å². The lowest BCUT2D eigenvalue weighted by Gasteiger charge is -2.12. The average Bonchev–Trinajstić information content (AvgIpc) is 2.99. The molecule has 0 heterocycles. The number of halogens is 2. The van der Waals surface area contributed by atoms with Gasteiger partial charge in [-0.3, -0.25) is 14.4 Å². The molecule has 0 saturated carbocycles. The lowest BCUT2D eigenvalue weighted by molar-refractivity contribution is -0.114. The third-order valence-electron chi connectivity index (χ3n) is 5.62. The summed E-state index contributed by atoms with van der Waals surface area (Å²) in [7, 11) is 1.55. The number of carbonyl (C=O) groups excluding carboxylic acids is 3. The molecular formula is C31H25Cl2N3O4S. The minimum atomic E-state index is -0.521. The van der Waals surface area contributed by atoms with Crippen LogP contribution < -0.4 is 20.7 Å². The number of hydrogen-bond donors (Lipinski definition) is 3. The van der Waals surface area contributed by atoms with Crippen molar-refractivity contribution < 1.29 is 19.1 Å². The van der Waals surface area contributed by atoms with Gasteiger partial charge in [-0.15, -0.1) is 11.8 Å². The standard InChI is InChI=1S/C31H25Cl2N3O4S/c1-40-23-12-5-8-20(16-23)17-27(36-30(38)21-9-3-2-4-10-21)31(39)34-22-11-6-13-24(18-22)41-19-28(37)35-26-15-7-14-25(32)29(26)33/h2-18H,19H2,1H3,(H,34,39)(H,35,37)(H,36,38)/b27-17-. The molecule has 0 unspecified atom stereocenters. The van der Waals surface area contributed by atoms with Crippen LogP contribution in [0.4, 0.5) is 11.4 Å². The van der Waals surface area contributed by atoms with Crippen LogP contribution in [0.3, 0.4) is 0 Å². The molecule has 10 heteroatoms. The van der Waals surface area contributed by atoms with Crippen molar-refractivity contribution in [3.8, 4) is 5.75 Å². The number of rotatable bonds is 10. The number of nitrogens with one attached hydrogen (secondary N) is 3. The van der Waals surface area contributed by atoms with E-state index >= 15 is 0 Å². The van der Waals surface area contributed by atoms with Gasteiger partial charge < -0.3 is 20.7 Å². The van der Waals surface area contributed by atoms with Gasteiger partial charge in [-0.1, -0.05) is 65.7 Å². The van der Waals surface area contributed by atoms with E-state index in [0.29, 0.717) is 33.3 Å². The fourth-order valence-electron chi connectivity index (χ4n) is 3.64. The topological polar surface area (TPSA) is 96.5 Å². The highest BCUT2D eigenvalue weighted by atomic mass is 35.5. The van der Waals surface area contributed by atoms with Crippen molar-refractivity contribution in [1.82, 2.24) is 5.32 Å². The Hall–Kier alpha value is -4.24. The number of methoxy groups -OCH3 is 1. The van der Waals surface area contributed by atoms with Crippen LogP contribution in [0.2, 0.25) is 10.0 Å². The summed E-state index contributed by atoms with van der Waals surface area (Å²) in [5, 5.41) is 8.91. The Kier molecular flexibility index (Phi) is 10.5. The predicted molar refractivity (Wildman–Crippen MR) is 166 cm³/mol. The molecule has 0 saturated heterocycles. The summed E-state index contributed by atoms with van der Waals surface area (Å²) in [6.45, 7) is 0. The summed E-state index contributed by atoms with van der Waals surface area (Å²) in [6.07, 6.45) is 1.57. The smallest absolute Gasteiger partial charge is 0.272 e. The number of hydrogen-bond acceptors (Lipinski definition) is 5. The van der Waals surface area contributed by atoms with Crippen LogP contribution in [0, 0.1) is 0 Å². The molecule has 4 aromatic rings. The minimum Gasteiger partial charge on any atom is -0.497 e. The van der Waals surface area contributed by atoms with E-state index in [1.807, 2.05) is 6.07 Å². The first-order valence-electron chi connectivity index (χ1n) is 12.3. The second-order valence-corrected chi connectivity index (χ2v) is 10.4. The number of benzene rings is 4. The van der Waals surface area contributed by atoms with Crippen molar-refractivity contribution in [3.05, 3.63) is 124 Å². The van der Waals surface area contributed by atoms with Crippen molar-refractivity contribution in [2.75, 3.05) is 23.5 Å². The molecule has 0 bridgehead atoms. The summed E-state index contributed by atoms with van der Waals surface area (Å²) in [5.41, 5.74) is 2.04. The van der Waals surface area contributed by atoms with Gasteiger partial charge in [0.25, 0.3) is 11.8 Å². The lowest BCUT2D eigenvalue weighted by atomic mass is 10.1. The zero-order valence-corrected chi connectivity index (χ0v) is 24.1. The first-order valence-corrected chi connectivity index (χ1v) is 14.1. The molecule has 0 aromatic heterocycles. The zero-order chi connectivity index (χ0) is 29.2. The summed E-state index contributed by atoms with van der Waals surface area (Å²) < 4.78 is 5.28. The van der Waals surface area contributed by atoms with Crippen molar-refractivity contribution in [2.45, 2.75) is 4.90 Å². The maximum absolute atomic E-state index is 13.4. The molecule has 0 fully saturated rings. The average molecular weight is 607 g/mol. The summed E-state index contributed by atoms with van der Waals surface area (Å²) >= 11 is 13.4. The molecular weight excluding hydrogens is 581 g/mol. The number of thioether (sulfide) groups is 1. The second kappa shape index (κ2) is 14.4. The van der Waals surface area contributed by atoms with Gasteiger partial charge in [0.2, 0.25) is 5.91 Å². The summed E-state index contributed by atoms with van der Waals surface area (Å²) in [4.78, 5) is 39.5. The van der Waals surface area contributed by atoms with E-state index in [0.717, 1.165) is 4.90 Å². The minimum absolute atomic E-state index is 0.0444. The predicted octanol–water partition coefficient (Wildman–Crippen LogP) is 7.14. The number of amides is 3. The van der Waals surface area contributed by atoms with Crippen molar-refractivity contribution in [3.63, 3.8) is 0 Å². The third kappa shape index (κ3) is 8.62. The van der Waals surface area contributed by atoms with Gasteiger partial charge in [-0.05, 0) is 66.2 Å². The van der Waals surface area contributed by atoms with Crippen LogP contribution in [-0.4, -0.2) is 30.6 Å². The lowest BCUT2D eigenvalue weighted by Crippen LogP contribution is -2.30. The van der Waals surface area contributed by atoms with Gasteiger partial charge in [0.05, 0.1) is 28.6 Å².